The van der Waals surface area contributed by atoms with Gasteiger partial charge in [-0.2, -0.15) is 4.98 Å². The van der Waals surface area contributed by atoms with E-state index in [1.807, 2.05) is 20.8 Å². The Labute approximate surface area is 113 Å². The summed E-state index contributed by atoms with van der Waals surface area (Å²) in [5.74, 6) is 0.198. The maximum absolute atomic E-state index is 13.5. The number of halogens is 1. The van der Waals surface area contributed by atoms with E-state index in [1.165, 1.54) is 0 Å². The molecule has 0 bridgehead atoms. The maximum Gasteiger partial charge on any atom is 0.224 e. The van der Waals surface area contributed by atoms with Gasteiger partial charge < -0.3 is 15.7 Å². The lowest BCUT2D eigenvalue weighted by atomic mass is 9.97. The van der Waals surface area contributed by atoms with Crippen LogP contribution in [-0.4, -0.2) is 34.3 Å². The molecule has 1 heterocycles. The Bertz CT molecular complexity index is 385. The molecule has 0 amide bonds. The lowest BCUT2D eigenvalue weighted by Crippen LogP contribution is -2.28. The van der Waals surface area contributed by atoms with Crippen molar-refractivity contribution in [2.45, 2.75) is 39.7 Å². The summed E-state index contributed by atoms with van der Waals surface area (Å²) >= 11 is 0. The third-order valence-corrected chi connectivity index (χ3v) is 3.15. The van der Waals surface area contributed by atoms with Crippen LogP contribution in [0.4, 0.5) is 16.2 Å². The van der Waals surface area contributed by atoms with Crippen molar-refractivity contribution in [3.63, 3.8) is 0 Å². The first-order chi connectivity index (χ1) is 9.12. The molecule has 0 aromatic carbocycles. The van der Waals surface area contributed by atoms with Crippen molar-refractivity contribution in [1.29, 1.82) is 0 Å². The first-order valence-electron chi connectivity index (χ1n) is 6.80. The number of aliphatic hydroxyl groups excluding tert-OH is 1. The van der Waals surface area contributed by atoms with Gasteiger partial charge in [0.1, 0.15) is 0 Å². The SMILES string of the molecule is CCNc1ncc(F)c(NCC(O)C(CC)CC)n1. The monoisotopic (exact) mass is 270 g/mol. The third-order valence-electron chi connectivity index (χ3n) is 3.15. The van der Waals surface area contributed by atoms with Crippen molar-refractivity contribution in [2.24, 2.45) is 5.92 Å². The summed E-state index contributed by atoms with van der Waals surface area (Å²) < 4.78 is 13.5. The molecule has 1 unspecified atom stereocenters. The summed E-state index contributed by atoms with van der Waals surface area (Å²) in [4.78, 5) is 7.85. The molecule has 1 atom stereocenters. The Balaban J connectivity index is 2.63. The molecule has 0 fully saturated rings. The largest absolute Gasteiger partial charge is 0.391 e. The number of nitrogens with one attached hydrogen (secondary N) is 2. The Hall–Kier alpha value is -1.43. The van der Waals surface area contributed by atoms with E-state index in [2.05, 4.69) is 20.6 Å². The minimum absolute atomic E-state index is 0.121. The highest BCUT2D eigenvalue weighted by Gasteiger charge is 2.16. The average Bonchev–Trinajstić information content (AvgIpc) is 2.41. The van der Waals surface area contributed by atoms with E-state index < -0.39 is 11.9 Å². The highest BCUT2D eigenvalue weighted by Crippen LogP contribution is 2.16. The molecule has 1 rings (SSSR count). The zero-order valence-electron chi connectivity index (χ0n) is 11.8. The molecular weight excluding hydrogens is 247 g/mol. The fourth-order valence-corrected chi connectivity index (χ4v) is 1.94. The van der Waals surface area contributed by atoms with Crippen LogP contribution in [0.2, 0.25) is 0 Å². The zero-order chi connectivity index (χ0) is 14.3. The fraction of sp³-hybridized carbons (Fsp3) is 0.692. The number of nitrogens with zero attached hydrogens (tertiary/aromatic N) is 2. The van der Waals surface area contributed by atoms with E-state index in [1.54, 1.807) is 0 Å². The van der Waals surface area contributed by atoms with Crippen molar-refractivity contribution in [1.82, 2.24) is 9.97 Å². The van der Waals surface area contributed by atoms with Gasteiger partial charge in [-0.1, -0.05) is 26.7 Å². The smallest absolute Gasteiger partial charge is 0.224 e. The molecule has 0 aliphatic rings. The number of aliphatic hydroxyl groups is 1. The predicted octanol–water partition coefficient (Wildman–Crippen LogP) is 2.26. The molecule has 5 nitrogen and oxygen atoms in total. The number of hydrogen-bond donors (Lipinski definition) is 3. The van der Waals surface area contributed by atoms with E-state index in [0.717, 1.165) is 19.0 Å². The van der Waals surface area contributed by atoms with Gasteiger partial charge in [0.05, 0.1) is 12.3 Å². The molecule has 0 aliphatic carbocycles. The summed E-state index contributed by atoms with van der Waals surface area (Å²) in [7, 11) is 0. The molecule has 0 radical (unpaired) electrons. The molecule has 3 N–H and O–H groups in total. The lowest BCUT2D eigenvalue weighted by molar-refractivity contribution is 0.114. The van der Waals surface area contributed by atoms with Crippen molar-refractivity contribution < 1.29 is 9.50 Å². The second-order valence-electron chi connectivity index (χ2n) is 4.45. The summed E-state index contributed by atoms with van der Waals surface area (Å²) in [5, 5.41) is 15.8. The summed E-state index contributed by atoms with van der Waals surface area (Å²) in [6.07, 6.45) is 2.41. The Morgan fingerprint density at radius 3 is 2.53 bits per heavy atom. The fourth-order valence-electron chi connectivity index (χ4n) is 1.94. The van der Waals surface area contributed by atoms with Gasteiger partial charge in [0, 0.05) is 13.1 Å². The van der Waals surface area contributed by atoms with Crippen LogP contribution in [-0.2, 0) is 0 Å². The number of rotatable bonds is 8. The lowest BCUT2D eigenvalue weighted by Gasteiger charge is -2.20. The molecule has 108 valence electrons. The topological polar surface area (TPSA) is 70.1 Å². The summed E-state index contributed by atoms with van der Waals surface area (Å²) in [6.45, 7) is 6.93. The van der Waals surface area contributed by atoms with Crippen LogP contribution in [0.3, 0.4) is 0 Å². The van der Waals surface area contributed by atoms with Crippen LogP contribution in [0.15, 0.2) is 6.20 Å². The molecule has 19 heavy (non-hydrogen) atoms. The van der Waals surface area contributed by atoms with Gasteiger partial charge in [-0.3, -0.25) is 0 Å². The molecule has 0 spiro atoms. The van der Waals surface area contributed by atoms with Crippen LogP contribution in [0.5, 0.6) is 0 Å². The van der Waals surface area contributed by atoms with E-state index in [4.69, 9.17) is 0 Å². The van der Waals surface area contributed by atoms with Gasteiger partial charge in [-0.25, -0.2) is 9.37 Å². The van der Waals surface area contributed by atoms with Crippen molar-refractivity contribution in [3.05, 3.63) is 12.0 Å². The predicted molar refractivity (Wildman–Crippen MR) is 74.7 cm³/mol. The molecule has 0 saturated carbocycles. The Morgan fingerprint density at radius 2 is 1.95 bits per heavy atom. The van der Waals surface area contributed by atoms with Gasteiger partial charge in [-0.15, -0.1) is 0 Å². The van der Waals surface area contributed by atoms with Crippen LogP contribution < -0.4 is 10.6 Å². The van der Waals surface area contributed by atoms with Gasteiger partial charge >= 0.3 is 0 Å². The highest BCUT2D eigenvalue weighted by molar-refractivity contribution is 5.41. The summed E-state index contributed by atoms with van der Waals surface area (Å²) in [6, 6.07) is 0. The van der Waals surface area contributed by atoms with Crippen LogP contribution >= 0.6 is 0 Å². The number of hydrogen-bond acceptors (Lipinski definition) is 5. The van der Waals surface area contributed by atoms with Crippen LogP contribution in [0.1, 0.15) is 33.6 Å². The van der Waals surface area contributed by atoms with Crippen LogP contribution in [0, 0.1) is 11.7 Å². The second kappa shape index (κ2) is 7.89. The quantitative estimate of drug-likeness (QED) is 0.676. The van der Waals surface area contributed by atoms with Gasteiger partial charge in [0.15, 0.2) is 11.6 Å². The maximum atomic E-state index is 13.5. The van der Waals surface area contributed by atoms with Crippen molar-refractivity contribution >= 4 is 11.8 Å². The van der Waals surface area contributed by atoms with E-state index in [-0.39, 0.29) is 18.3 Å². The van der Waals surface area contributed by atoms with Gasteiger partial charge in [-0.05, 0) is 12.8 Å². The molecule has 0 aliphatic heterocycles. The normalized spacial score (nSPS) is 12.5. The minimum Gasteiger partial charge on any atom is -0.391 e. The van der Waals surface area contributed by atoms with Crippen molar-refractivity contribution in [2.75, 3.05) is 23.7 Å². The summed E-state index contributed by atoms with van der Waals surface area (Å²) in [5.41, 5.74) is 0. The van der Waals surface area contributed by atoms with Gasteiger partial charge in [0.25, 0.3) is 0 Å². The van der Waals surface area contributed by atoms with Crippen LogP contribution in [0.25, 0.3) is 0 Å². The minimum atomic E-state index is -0.515. The van der Waals surface area contributed by atoms with Crippen molar-refractivity contribution in [3.8, 4) is 0 Å². The number of aromatic nitrogens is 2. The van der Waals surface area contributed by atoms with E-state index >= 15 is 0 Å². The van der Waals surface area contributed by atoms with E-state index in [0.29, 0.717) is 12.5 Å². The molecule has 6 heteroatoms. The Kier molecular flexibility index (Phi) is 6.49. The first-order valence-corrected chi connectivity index (χ1v) is 6.80. The second-order valence-corrected chi connectivity index (χ2v) is 4.45. The first kappa shape index (κ1) is 15.6. The standard InChI is InChI=1S/C13H23FN4O/c1-4-9(5-2)11(19)8-16-12-10(14)7-17-13(18-12)15-6-3/h7,9,11,19H,4-6,8H2,1-3H3,(H2,15,16,17,18). The Morgan fingerprint density at radius 1 is 1.26 bits per heavy atom. The average molecular weight is 270 g/mol. The number of anilines is 2. The molecule has 0 saturated heterocycles. The molecule has 1 aromatic rings. The van der Waals surface area contributed by atoms with E-state index in [9.17, 15) is 9.50 Å². The van der Waals surface area contributed by atoms with Gasteiger partial charge in [0.2, 0.25) is 5.95 Å². The molecular formula is C13H23FN4O. The zero-order valence-corrected chi connectivity index (χ0v) is 11.8. The third kappa shape index (κ3) is 4.63. The molecule has 1 aromatic heterocycles. The highest BCUT2D eigenvalue weighted by atomic mass is 19.1.